The number of hydrogen-bond acceptors (Lipinski definition) is 4. The summed E-state index contributed by atoms with van der Waals surface area (Å²) in [5, 5.41) is 18.3. The fraction of sp³-hybridized carbons (Fsp3) is 0.278. The smallest absolute Gasteiger partial charge is 0.136 e. The minimum Gasteiger partial charge on any atom is -0.495 e. The van der Waals surface area contributed by atoms with Crippen LogP contribution in [0.4, 0.5) is 5.69 Å². The highest BCUT2D eigenvalue weighted by molar-refractivity contribution is 5.49. The zero-order valence-electron chi connectivity index (χ0n) is 12.7. The zero-order valence-corrected chi connectivity index (χ0v) is 12.7. The summed E-state index contributed by atoms with van der Waals surface area (Å²) in [7, 11) is 1.56. The molecular formula is C18H20N2O2. The van der Waals surface area contributed by atoms with Crippen molar-refractivity contribution in [1.82, 2.24) is 0 Å². The van der Waals surface area contributed by atoms with E-state index in [1.807, 2.05) is 48.5 Å². The van der Waals surface area contributed by atoms with E-state index in [4.69, 9.17) is 9.84 Å². The van der Waals surface area contributed by atoms with E-state index in [0.29, 0.717) is 24.3 Å². The van der Waals surface area contributed by atoms with Crippen LogP contribution >= 0.6 is 0 Å². The van der Waals surface area contributed by atoms with Gasteiger partial charge in [0, 0.05) is 25.4 Å². The molecular weight excluding hydrogens is 276 g/mol. The summed E-state index contributed by atoms with van der Waals surface area (Å²) in [5.74, 6) is 0.591. The first kappa shape index (κ1) is 15.9. The Morgan fingerprint density at radius 3 is 2.59 bits per heavy atom. The number of methoxy groups -OCH3 is 1. The molecule has 2 aromatic carbocycles. The first-order valence-corrected chi connectivity index (χ1v) is 7.26. The molecule has 0 aliphatic carbocycles. The van der Waals surface area contributed by atoms with Crippen LogP contribution in [-0.2, 0) is 6.54 Å². The molecule has 0 spiro atoms. The highest BCUT2D eigenvalue weighted by Crippen LogP contribution is 2.22. The minimum absolute atomic E-state index is 0.162. The Bertz CT molecular complexity index is 635. The number of rotatable bonds is 7. The number of aliphatic hydroxyl groups is 1. The Balaban J connectivity index is 2.22. The van der Waals surface area contributed by atoms with Crippen LogP contribution in [-0.4, -0.2) is 25.4 Å². The van der Waals surface area contributed by atoms with E-state index in [9.17, 15) is 5.26 Å². The second kappa shape index (κ2) is 8.06. The van der Waals surface area contributed by atoms with E-state index >= 15 is 0 Å². The van der Waals surface area contributed by atoms with Gasteiger partial charge in [-0.15, -0.1) is 0 Å². The number of nitriles is 1. The molecule has 2 rings (SSSR count). The fourth-order valence-corrected chi connectivity index (χ4v) is 2.36. The van der Waals surface area contributed by atoms with Crippen LogP contribution in [0.25, 0.3) is 0 Å². The van der Waals surface area contributed by atoms with Crippen molar-refractivity contribution < 1.29 is 9.84 Å². The van der Waals surface area contributed by atoms with Crippen LogP contribution in [0.5, 0.6) is 5.75 Å². The van der Waals surface area contributed by atoms with Crippen molar-refractivity contribution in [1.29, 1.82) is 5.26 Å². The SMILES string of the molecule is COc1ccc(CN(CCCO)c2ccccc2)cc1C#N. The van der Waals surface area contributed by atoms with Crippen molar-refractivity contribution in [3.63, 3.8) is 0 Å². The number of benzene rings is 2. The highest BCUT2D eigenvalue weighted by atomic mass is 16.5. The van der Waals surface area contributed by atoms with Gasteiger partial charge in [-0.05, 0) is 36.2 Å². The fourth-order valence-electron chi connectivity index (χ4n) is 2.36. The van der Waals surface area contributed by atoms with Crippen LogP contribution in [0.15, 0.2) is 48.5 Å². The van der Waals surface area contributed by atoms with E-state index < -0.39 is 0 Å². The molecule has 1 N–H and O–H groups in total. The maximum absolute atomic E-state index is 9.19. The van der Waals surface area contributed by atoms with Crippen molar-refractivity contribution in [2.24, 2.45) is 0 Å². The Labute approximate surface area is 131 Å². The van der Waals surface area contributed by atoms with Crippen molar-refractivity contribution in [2.45, 2.75) is 13.0 Å². The Hall–Kier alpha value is -2.51. The van der Waals surface area contributed by atoms with Crippen LogP contribution in [0, 0.1) is 11.3 Å². The van der Waals surface area contributed by atoms with Crippen molar-refractivity contribution >= 4 is 5.69 Å². The quantitative estimate of drug-likeness (QED) is 0.853. The lowest BCUT2D eigenvalue weighted by atomic mass is 10.1. The molecule has 0 aliphatic rings. The Morgan fingerprint density at radius 1 is 1.18 bits per heavy atom. The van der Waals surface area contributed by atoms with Crippen LogP contribution in [0.2, 0.25) is 0 Å². The molecule has 0 atom stereocenters. The van der Waals surface area contributed by atoms with Gasteiger partial charge in [0.2, 0.25) is 0 Å². The first-order valence-electron chi connectivity index (χ1n) is 7.26. The van der Waals surface area contributed by atoms with Gasteiger partial charge in [0.1, 0.15) is 11.8 Å². The van der Waals surface area contributed by atoms with Crippen molar-refractivity contribution in [2.75, 3.05) is 25.2 Å². The van der Waals surface area contributed by atoms with Gasteiger partial charge >= 0.3 is 0 Å². The molecule has 0 bridgehead atoms. The molecule has 0 saturated heterocycles. The first-order chi connectivity index (χ1) is 10.8. The average molecular weight is 296 g/mol. The molecule has 0 heterocycles. The predicted octanol–water partition coefficient (Wildman–Crippen LogP) is 2.96. The van der Waals surface area contributed by atoms with E-state index in [1.165, 1.54) is 0 Å². The normalized spacial score (nSPS) is 10.0. The number of anilines is 1. The lowest BCUT2D eigenvalue weighted by Gasteiger charge is -2.25. The summed E-state index contributed by atoms with van der Waals surface area (Å²) in [4.78, 5) is 2.19. The van der Waals surface area contributed by atoms with Gasteiger partial charge in [0.15, 0.2) is 0 Å². The molecule has 0 aliphatic heterocycles. The predicted molar refractivity (Wildman–Crippen MR) is 86.9 cm³/mol. The third-order valence-corrected chi connectivity index (χ3v) is 3.47. The lowest BCUT2D eigenvalue weighted by Crippen LogP contribution is -2.24. The van der Waals surface area contributed by atoms with Crippen LogP contribution in [0.1, 0.15) is 17.5 Å². The molecule has 0 aromatic heterocycles. The number of hydrogen-bond donors (Lipinski definition) is 1. The van der Waals surface area contributed by atoms with Gasteiger partial charge in [0.05, 0.1) is 12.7 Å². The van der Waals surface area contributed by atoms with Gasteiger partial charge in [-0.25, -0.2) is 0 Å². The number of para-hydroxylation sites is 1. The minimum atomic E-state index is 0.162. The number of ether oxygens (including phenoxy) is 1. The summed E-state index contributed by atoms with van der Waals surface area (Å²) in [6.45, 7) is 1.60. The molecule has 0 unspecified atom stereocenters. The standard InChI is InChI=1S/C18H20N2O2/c1-22-18-9-8-15(12-16(18)13-19)14-20(10-5-11-21)17-6-3-2-4-7-17/h2-4,6-9,12,21H,5,10-11,14H2,1H3. The molecule has 0 saturated carbocycles. The molecule has 0 fully saturated rings. The van der Waals surface area contributed by atoms with Crippen LogP contribution < -0.4 is 9.64 Å². The second-order valence-corrected chi connectivity index (χ2v) is 4.98. The summed E-state index contributed by atoms with van der Waals surface area (Å²) in [6.07, 6.45) is 0.705. The number of aliphatic hydroxyl groups excluding tert-OH is 1. The third-order valence-electron chi connectivity index (χ3n) is 3.47. The highest BCUT2D eigenvalue weighted by Gasteiger charge is 2.09. The van der Waals surface area contributed by atoms with Gasteiger partial charge < -0.3 is 14.7 Å². The average Bonchev–Trinajstić information content (AvgIpc) is 2.59. The summed E-state index contributed by atoms with van der Waals surface area (Å²) >= 11 is 0. The maximum Gasteiger partial charge on any atom is 0.136 e. The van der Waals surface area contributed by atoms with Crippen molar-refractivity contribution in [3.05, 3.63) is 59.7 Å². The largest absolute Gasteiger partial charge is 0.495 e. The van der Waals surface area contributed by atoms with E-state index in [1.54, 1.807) is 7.11 Å². The molecule has 22 heavy (non-hydrogen) atoms. The van der Waals surface area contributed by atoms with Crippen molar-refractivity contribution in [3.8, 4) is 11.8 Å². The van der Waals surface area contributed by atoms with E-state index in [2.05, 4.69) is 11.0 Å². The summed E-state index contributed by atoms with van der Waals surface area (Å²) in [6, 6.07) is 17.9. The summed E-state index contributed by atoms with van der Waals surface area (Å²) < 4.78 is 5.18. The lowest BCUT2D eigenvalue weighted by molar-refractivity contribution is 0.289. The number of nitrogens with zero attached hydrogens (tertiary/aromatic N) is 2. The molecule has 114 valence electrons. The summed E-state index contributed by atoms with van der Waals surface area (Å²) in [5.41, 5.74) is 2.68. The van der Waals surface area contributed by atoms with E-state index in [0.717, 1.165) is 17.8 Å². The molecule has 2 aromatic rings. The van der Waals surface area contributed by atoms with E-state index in [-0.39, 0.29) is 6.61 Å². The van der Waals surface area contributed by atoms with Crippen LogP contribution in [0.3, 0.4) is 0 Å². The zero-order chi connectivity index (χ0) is 15.8. The molecule has 0 amide bonds. The monoisotopic (exact) mass is 296 g/mol. The van der Waals surface area contributed by atoms with Gasteiger partial charge in [-0.2, -0.15) is 5.26 Å². The Kier molecular flexibility index (Phi) is 5.81. The van der Waals surface area contributed by atoms with Gasteiger partial charge in [-0.3, -0.25) is 0 Å². The maximum atomic E-state index is 9.19. The Morgan fingerprint density at radius 2 is 1.95 bits per heavy atom. The topological polar surface area (TPSA) is 56.5 Å². The second-order valence-electron chi connectivity index (χ2n) is 4.98. The molecule has 4 nitrogen and oxygen atoms in total. The molecule has 4 heteroatoms. The van der Waals surface area contributed by atoms with Gasteiger partial charge in [-0.1, -0.05) is 24.3 Å². The third kappa shape index (κ3) is 4.00. The van der Waals surface area contributed by atoms with Gasteiger partial charge in [0.25, 0.3) is 0 Å². The molecule has 0 radical (unpaired) electrons.